The van der Waals surface area contributed by atoms with Crippen molar-refractivity contribution in [3.05, 3.63) is 24.8 Å². The molecule has 6 heteroatoms. The Morgan fingerprint density at radius 3 is 2.57 bits per heavy atom. The first-order valence-corrected chi connectivity index (χ1v) is 7.28. The summed E-state index contributed by atoms with van der Waals surface area (Å²) in [5, 5.41) is 0. The number of rotatable bonds is 2. The van der Waals surface area contributed by atoms with Crippen LogP contribution in [0.1, 0.15) is 39.5 Å². The van der Waals surface area contributed by atoms with Gasteiger partial charge in [-0.25, -0.2) is 6.54 Å². The van der Waals surface area contributed by atoms with Crippen molar-refractivity contribution in [1.29, 1.82) is 0 Å². The summed E-state index contributed by atoms with van der Waals surface area (Å²) in [6, 6.07) is 0. The van der Waals surface area contributed by atoms with Crippen molar-refractivity contribution in [2.24, 2.45) is 11.3 Å². The molecule has 0 aromatic heterocycles. The number of carbonyl (C=O) groups is 2. The number of allylic oxidation sites excluding steroid dienone is 2. The van der Waals surface area contributed by atoms with Crippen LogP contribution < -0.4 is 0 Å². The fraction of sp³-hybridized carbons (Fsp3) is 0.600. The van der Waals surface area contributed by atoms with Crippen LogP contribution in [0.15, 0.2) is 11.3 Å². The zero-order valence-corrected chi connectivity index (χ0v) is 16.3. The van der Waals surface area contributed by atoms with E-state index in [2.05, 4.69) is 19.8 Å². The van der Waals surface area contributed by atoms with Crippen LogP contribution in [-0.4, -0.2) is 23.1 Å². The van der Waals surface area contributed by atoms with Crippen molar-refractivity contribution in [2.75, 3.05) is 6.54 Å². The van der Waals surface area contributed by atoms with Gasteiger partial charge in [0.15, 0.2) is 5.78 Å². The van der Waals surface area contributed by atoms with Crippen molar-refractivity contribution in [2.45, 2.75) is 39.5 Å². The van der Waals surface area contributed by atoms with Gasteiger partial charge < -0.3 is 20.8 Å². The van der Waals surface area contributed by atoms with Crippen LogP contribution in [0.25, 0.3) is 0 Å². The molecule has 1 saturated heterocycles. The Morgan fingerprint density at radius 1 is 1.48 bits per heavy atom. The van der Waals surface area contributed by atoms with E-state index in [1.807, 2.05) is 20.4 Å². The zero-order valence-electron chi connectivity index (χ0n) is 12.6. The number of likely N-dealkylation sites (tertiary alicyclic amines) is 1. The van der Waals surface area contributed by atoms with Crippen LogP contribution in [0.4, 0.5) is 0 Å². The fourth-order valence-electron chi connectivity index (χ4n) is 3.22. The van der Waals surface area contributed by atoms with Crippen molar-refractivity contribution < 1.29 is 46.5 Å². The first-order valence-electron chi connectivity index (χ1n) is 6.92. The summed E-state index contributed by atoms with van der Waals surface area (Å²) >= 11 is 3.92. The van der Waals surface area contributed by atoms with Gasteiger partial charge in [0.1, 0.15) is 5.76 Å². The maximum absolute atomic E-state index is 12.4. The number of ketones is 1. The van der Waals surface area contributed by atoms with Crippen molar-refractivity contribution in [1.82, 2.24) is 4.90 Å². The van der Waals surface area contributed by atoms with E-state index in [1.165, 1.54) is 0 Å². The molecule has 1 aliphatic carbocycles. The molecule has 0 aromatic carbocycles. The summed E-state index contributed by atoms with van der Waals surface area (Å²) in [7, 11) is 0. The second-order valence-corrected chi connectivity index (χ2v) is 6.27. The van der Waals surface area contributed by atoms with Crippen molar-refractivity contribution in [3.8, 4) is 0 Å². The Kier molecular flexibility index (Phi) is 6.82. The first kappa shape index (κ1) is 19.1. The Hall–Kier alpha value is 0.00390. The number of nitrogens with zero attached hydrogens (tertiary/aromatic N) is 1. The predicted octanol–water partition coefficient (Wildman–Crippen LogP) is 2.72. The van der Waals surface area contributed by atoms with Gasteiger partial charge in [-0.1, -0.05) is 13.8 Å². The molecule has 0 aromatic rings. The molecule has 4 nitrogen and oxygen atoms in total. The van der Waals surface area contributed by atoms with Gasteiger partial charge in [-0.3, -0.25) is 4.79 Å². The Labute approximate surface area is 157 Å². The molecule has 0 saturated carbocycles. The van der Waals surface area contributed by atoms with E-state index >= 15 is 0 Å². The molecule has 21 heavy (non-hydrogen) atoms. The third-order valence-corrected chi connectivity index (χ3v) is 4.53. The molecule has 1 amide bonds. The number of Topliss-reactive ketones (excluding diaryl/α,β-unsaturated/α-hetero) is 1. The van der Waals surface area contributed by atoms with Gasteiger partial charge in [0, 0.05) is 64.0 Å². The Bertz CT molecular complexity index is 454. The zero-order chi connectivity index (χ0) is 14.9. The third-order valence-electron chi connectivity index (χ3n) is 4.31. The van der Waals surface area contributed by atoms with Gasteiger partial charge in [0.25, 0.3) is 0 Å². The van der Waals surface area contributed by atoms with Crippen LogP contribution in [-0.2, 0) is 46.5 Å². The van der Waals surface area contributed by atoms with Crippen molar-refractivity contribution in [3.63, 3.8) is 0 Å². The fourth-order valence-corrected chi connectivity index (χ4v) is 3.38. The molecular formula is C15H21NO3SY-2. The molecule has 0 N–H and O–H groups in total. The monoisotopic (exact) mass is 384 g/mol. The maximum atomic E-state index is 12.4. The number of thiol groups is 1. The number of carbonyl (C=O) groups excluding carboxylic acids is 2. The van der Waals surface area contributed by atoms with E-state index in [0.29, 0.717) is 31.6 Å². The van der Waals surface area contributed by atoms with Crippen LogP contribution in [0.3, 0.4) is 0 Å². The molecule has 1 spiro atoms. The minimum atomic E-state index is -0.189. The predicted molar refractivity (Wildman–Crippen MR) is 79.2 cm³/mol. The van der Waals surface area contributed by atoms with E-state index in [9.17, 15) is 9.59 Å². The average Bonchev–Trinajstić information content (AvgIpc) is 2.37. The average molecular weight is 384 g/mol. The van der Waals surface area contributed by atoms with Crippen molar-refractivity contribution >= 4 is 24.6 Å². The SMILES string of the molecule is [CH2-]C(=O)N1[CH-]CC2(CC1)CC(=O)C(C(C)C)=C(OS)C2.[Y]. The normalized spacial score (nSPS) is 26.1. The first-order chi connectivity index (χ1) is 9.38. The second kappa shape index (κ2) is 7.52. The smallest absolute Gasteiger partial charge is 0.163 e. The van der Waals surface area contributed by atoms with E-state index in [4.69, 9.17) is 4.18 Å². The van der Waals surface area contributed by atoms with Crippen LogP contribution in [0, 0.1) is 24.8 Å². The van der Waals surface area contributed by atoms with Gasteiger partial charge >= 0.3 is 0 Å². The largest absolute Gasteiger partial charge is 0.518 e. The number of hydrogen-bond donors (Lipinski definition) is 1. The van der Waals surface area contributed by atoms with Crippen LogP contribution >= 0.6 is 12.9 Å². The maximum Gasteiger partial charge on any atom is 0.163 e. The van der Waals surface area contributed by atoms with Gasteiger partial charge in [0.05, 0.1) is 5.91 Å². The Balaban J connectivity index is 0.00000220. The van der Waals surface area contributed by atoms with Crippen LogP contribution in [0.2, 0.25) is 0 Å². The van der Waals surface area contributed by atoms with E-state index in [0.717, 1.165) is 12.0 Å². The summed E-state index contributed by atoms with van der Waals surface area (Å²) in [4.78, 5) is 25.3. The van der Waals surface area contributed by atoms with Gasteiger partial charge in [-0.05, 0) is 24.3 Å². The minimum Gasteiger partial charge on any atom is -0.518 e. The molecule has 115 valence electrons. The second-order valence-electron chi connectivity index (χ2n) is 6.08. The molecular weight excluding hydrogens is 363 g/mol. The molecule has 1 aliphatic heterocycles. The number of hydrogen-bond acceptors (Lipinski definition) is 4. The topological polar surface area (TPSA) is 46.6 Å². The summed E-state index contributed by atoms with van der Waals surface area (Å²) in [6.07, 6.45) is 2.73. The molecule has 1 heterocycles. The summed E-state index contributed by atoms with van der Waals surface area (Å²) in [5.41, 5.74) is 0.640. The van der Waals surface area contributed by atoms with E-state index in [1.54, 1.807) is 4.90 Å². The molecule has 1 fully saturated rings. The van der Waals surface area contributed by atoms with Crippen LogP contribution in [0.5, 0.6) is 0 Å². The van der Waals surface area contributed by atoms with Gasteiger partial charge in [-0.15, -0.1) is 0 Å². The standard InChI is InChI=1S/C15H21NO3S.Y/c1-10(2)14-12(18)8-15(9-13(14)19-20)4-6-16(7-5-15)11(3)17;/h6,10,20H,3-5,7-9H2,1-2H3;/q-2;. The Morgan fingerprint density at radius 2 is 2.14 bits per heavy atom. The van der Waals surface area contributed by atoms with E-state index < -0.39 is 0 Å². The summed E-state index contributed by atoms with van der Waals surface area (Å²) in [5.74, 6) is 0.805. The number of amides is 1. The quantitative estimate of drug-likeness (QED) is 0.453. The molecule has 1 radical (unpaired) electrons. The molecule has 2 aliphatic rings. The summed E-state index contributed by atoms with van der Waals surface area (Å²) in [6.45, 7) is 9.89. The van der Waals surface area contributed by atoms with E-state index in [-0.39, 0.29) is 55.7 Å². The minimum absolute atomic E-state index is 0. The summed E-state index contributed by atoms with van der Waals surface area (Å²) < 4.78 is 5.18. The van der Waals surface area contributed by atoms with Gasteiger partial charge in [-0.2, -0.15) is 6.42 Å². The van der Waals surface area contributed by atoms with Gasteiger partial charge in [0.2, 0.25) is 0 Å². The third kappa shape index (κ3) is 4.05. The number of piperidine rings is 1. The molecule has 1 atom stereocenters. The molecule has 1 unspecified atom stereocenters. The molecule has 0 bridgehead atoms. The molecule has 2 rings (SSSR count).